The third kappa shape index (κ3) is 2.23. The second-order valence-electron chi connectivity index (χ2n) is 5.34. The summed E-state index contributed by atoms with van der Waals surface area (Å²) in [6.45, 7) is 4.56. The zero-order valence-electron chi connectivity index (χ0n) is 10.0. The third-order valence-corrected chi connectivity index (χ3v) is 5.72. The van der Waals surface area contributed by atoms with Gasteiger partial charge in [-0.15, -0.1) is 11.8 Å². The van der Waals surface area contributed by atoms with E-state index in [9.17, 15) is 4.79 Å². The van der Waals surface area contributed by atoms with Crippen molar-refractivity contribution in [2.75, 3.05) is 5.75 Å². The number of carbonyl (C=O) groups is 1. The predicted molar refractivity (Wildman–Crippen MR) is 66.5 cm³/mol. The van der Waals surface area contributed by atoms with Crippen LogP contribution >= 0.6 is 11.8 Å². The van der Waals surface area contributed by atoms with Crippen LogP contribution in [-0.2, 0) is 4.79 Å². The molecule has 4 heteroatoms. The Hall–Kier alpha value is -0.220. The molecule has 4 atom stereocenters. The fourth-order valence-corrected chi connectivity index (χ4v) is 4.59. The summed E-state index contributed by atoms with van der Waals surface area (Å²) in [5.74, 6) is 1.64. The van der Waals surface area contributed by atoms with Crippen molar-refractivity contribution in [3.8, 4) is 0 Å². The Morgan fingerprint density at radius 1 is 1.44 bits per heavy atom. The first-order chi connectivity index (χ1) is 7.53. The van der Waals surface area contributed by atoms with Crippen molar-refractivity contribution in [2.45, 2.75) is 50.4 Å². The molecule has 1 aliphatic carbocycles. The molecular formula is C12H21NO2S. The number of carboxylic acids is 1. The molecule has 2 fully saturated rings. The number of thioether (sulfide) groups is 1. The lowest BCUT2D eigenvalue weighted by Gasteiger charge is -2.48. The molecule has 1 aliphatic heterocycles. The smallest absolute Gasteiger partial charge is 0.320 e. The quantitative estimate of drug-likeness (QED) is 0.742. The van der Waals surface area contributed by atoms with Gasteiger partial charge in [0.25, 0.3) is 0 Å². The molecule has 3 nitrogen and oxygen atoms in total. The lowest BCUT2D eigenvalue weighted by atomic mass is 9.78. The Morgan fingerprint density at radius 3 is 2.81 bits per heavy atom. The Morgan fingerprint density at radius 2 is 2.19 bits per heavy atom. The van der Waals surface area contributed by atoms with Crippen LogP contribution in [0.4, 0.5) is 0 Å². The van der Waals surface area contributed by atoms with Gasteiger partial charge in [0.05, 0.1) is 4.87 Å². The van der Waals surface area contributed by atoms with Gasteiger partial charge in [-0.2, -0.15) is 0 Å². The summed E-state index contributed by atoms with van der Waals surface area (Å²) < 4.78 is 0. The predicted octanol–water partition coefficient (Wildman–Crippen LogP) is 2.32. The summed E-state index contributed by atoms with van der Waals surface area (Å²) in [7, 11) is 0. The maximum atomic E-state index is 11.1. The van der Waals surface area contributed by atoms with Crippen molar-refractivity contribution in [1.82, 2.24) is 5.32 Å². The minimum atomic E-state index is -0.689. The van der Waals surface area contributed by atoms with E-state index >= 15 is 0 Å². The van der Waals surface area contributed by atoms with E-state index in [4.69, 9.17) is 5.11 Å². The first kappa shape index (κ1) is 12.2. The topological polar surface area (TPSA) is 49.3 Å². The second kappa shape index (κ2) is 4.57. The van der Waals surface area contributed by atoms with E-state index in [0.717, 1.165) is 24.5 Å². The van der Waals surface area contributed by atoms with E-state index in [-0.39, 0.29) is 10.9 Å². The maximum Gasteiger partial charge on any atom is 0.320 e. The van der Waals surface area contributed by atoms with Gasteiger partial charge < -0.3 is 5.11 Å². The molecular weight excluding hydrogens is 222 g/mol. The fourth-order valence-electron chi connectivity index (χ4n) is 3.00. The highest BCUT2D eigenvalue weighted by Crippen LogP contribution is 2.46. The van der Waals surface area contributed by atoms with E-state index in [2.05, 4.69) is 19.2 Å². The van der Waals surface area contributed by atoms with E-state index in [0.29, 0.717) is 5.92 Å². The number of hydrogen-bond donors (Lipinski definition) is 2. The minimum absolute atomic E-state index is 0.0355. The first-order valence-electron chi connectivity index (χ1n) is 6.18. The lowest BCUT2D eigenvalue weighted by Crippen LogP contribution is -2.59. The lowest BCUT2D eigenvalue weighted by molar-refractivity contribution is -0.140. The Balaban J connectivity index is 2.09. The second-order valence-corrected chi connectivity index (χ2v) is 6.77. The molecule has 0 aromatic rings. The van der Waals surface area contributed by atoms with Gasteiger partial charge in [0.15, 0.2) is 0 Å². The number of hydrogen-bond acceptors (Lipinski definition) is 3. The van der Waals surface area contributed by atoms with Crippen LogP contribution in [0.1, 0.15) is 39.5 Å². The van der Waals surface area contributed by atoms with Crippen LogP contribution in [0.3, 0.4) is 0 Å². The van der Waals surface area contributed by atoms with E-state index < -0.39 is 5.97 Å². The summed E-state index contributed by atoms with van der Waals surface area (Å²) in [6.07, 6.45) is 4.30. The number of rotatable bonds is 1. The van der Waals surface area contributed by atoms with Gasteiger partial charge in [-0.3, -0.25) is 10.1 Å². The summed E-state index contributed by atoms with van der Waals surface area (Å²) in [6, 6.07) is -0.336. The van der Waals surface area contributed by atoms with Gasteiger partial charge in [0, 0.05) is 0 Å². The monoisotopic (exact) mass is 243 g/mol. The van der Waals surface area contributed by atoms with E-state index in [1.165, 1.54) is 12.8 Å². The van der Waals surface area contributed by atoms with Crippen molar-refractivity contribution in [3.05, 3.63) is 0 Å². The first-order valence-corrected chi connectivity index (χ1v) is 7.16. The van der Waals surface area contributed by atoms with Crippen molar-refractivity contribution in [3.63, 3.8) is 0 Å². The third-order valence-electron chi connectivity index (χ3n) is 4.04. The molecule has 4 unspecified atom stereocenters. The molecule has 16 heavy (non-hydrogen) atoms. The molecule has 2 aliphatic rings. The van der Waals surface area contributed by atoms with Crippen molar-refractivity contribution in [1.29, 1.82) is 0 Å². The molecule has 1 spiro atoms. The van der Waals surface area contributed by atoms with Gasteiger partial charge in [-0.05, 0) is 43.3 Å². The molecule has 92 valence electrons. The summed E-state index contributed by atoms with van der Waals surface area (Å²) >= 11 is 1.94. The van der Waals surface area contributed by atoms with Gasteiger partial charge in [0.2, 0.25) is 0 Å². The summed E-state index contributed by atoms with van der Waals surface area (Å²) in [5, 5.41) is 12.5. The normalized spacial score (nSPS) is 44.5. The fraction of sp³-hybridized carbons (Fsp3) is 0.917. The molecule has 0 bridgehead atoms. The highest BCUT2D eigenvalue weighted by atomic mass is 32.2. The van der Waals surface area contributed by atoms with Crippen LogP contribution in [0.15, 0.2) is 0 Å². The molecule has 1 saturated carbocycles. The highest BCUT2D eigenvalue weighted by Gasteiger charge is 2.45. The van der Waals surface area contributed by atoms with Crippen molar-refractivity contribution < 1.29 is 9.90 Å². The molecule has 1 heterocycles. The largest absolute Gasteiger partial charge is 0.480 e. The van der Waals surface area contributed by atoms with Crippen LogP contribution in [-0.4, -0.2) is 27.7 Å². The SMILES string of the molecule is CC1CCC2(NC(C(=O)O)CCS2)C(C)C1. The van der Waals surface area contributed by atoms with Crippen LogP contribution in [0.25, 0.3) is 0 Å². The molecule has 1 saturated heterocycles. The van der Waals surface area contributed by atoms with E-state index in [1.54, 1.807) is 0 Å². The molecule has 2 rings (SSSR count). The van der Waals surface area contributed by atoms with Crippen molar-refractivity contribution >= 4 is 17.7 Å². The van der Waals surface area contributed by atoms with Gasteiger partial charge >= 0.3 is 5.97 Å². The average Bonchev–Trinajstić information content (AvgIpc) is 2.25. The number of aliphatic carboxylic acids is 1. The Kier molecular flexibility index (Phi) is 3.50. The Labute approximate surface area is 101 Å². The minimum Gasteiger partial charge on any atom is -0.480 e. The average molecular weight is 243 g/mol. The Bertz CT molecular complexity index is 284. The van der Waals surface area contributed by atoms with Gasteiger partial charge in [0.1, 0.15) is 6.04 Å². The maximum absolute atomic E-state index is 11.1. The van der Waals surface area contributed by atoms with E-state index in [1.807, 2.05) is 11.8 Å². The molecule has 0 radical (unpaired) electrons. The molecule has 0 aromatic carbocycles. The van der Waals surface area contributed by atoms with Crippen LogP contribution in [0.2, 0.25) is 0 Å². The van der Waals surface area contributed by atoms with Crippen molar-refractivity contribution in [2.24, 2.45) is 11.8 Å². The number of nitrogens with one attached hydrogen (secondary N) is 1. The summed E-state index contributed by atoms with van der Waals surface area (Å²) in [4.78, 5) is 11.1. The zero-order chi connectivity index (χ0) is 11.8. The van der Waals surface area contributed by atoms with Crippen LogP contribution in [0, 0.1) is 11.8 Å². The van der Waals surface area contributed by atoms with Gasteiger partial charge in [-0.25, -0.2) is 0 Å². The summed E-state index contributed by atoms with van der Waals surface area (Å²) in [5.41, 5.74) is 0. The van der Waals surface area contributed by atoms with Crippen LogP contribution < -0.4 is 5.32 Å². The molecule has 0 aromatic heterocycles. The van der Waals surface area contributed by atoms with Gasteiger partial charge in [-0.1, -0.05) is 13.8 Å². The standard InChI is InChI=1S/C12H21NO2S/c1-8-3-5-12(9(2)7-8)13-10(11(14)15)4-6-16-12/h8-10,13H,3-7H2,1-2H3,(H,14,15). The highest BCUT2D eigenvalue weighted by molar-refractivity contribution is 8.00. The van der Waals surface area contributed by atoms with Crippen LogP contribution in [0.5, 0.6) is 0 Å². The number of carboxylic acid groups (broad SMARTS) is 1. The zero-order valence-corrected chi connectivity index (χ0v) is 10.8. The molecule has 2 N–H and O–H groups in total. The molecule has 0 amide bonds.